The van der Waals surface area contributed by atoms with E-state index in [1.165, 1.54) is 4.88 Å². The maximum Gasteiger partial charge on any atom is 0.281 e. The first-order valence-corrected chi connectivity index (χ1v) is 7.76. The molecule has 1 fully saturated rings. The Bertz CT molecular complexity index is 734. The fourth-order valence-corrected chi connectivity index (χ4v) is 3.33. The van der Waals surface area contributed by atoms with E-state index in [1.54, 1.807) is 21.1 Å². The molecule has 1 amide bonds. The highest BCUT2D eigenvalue weighted by Gasteiger charge is 2.36. The third kappa shape index (κ3) is 2.50. The fraction of sp³-hybridized carbons (Fsp3) is 0.125. The molecule has 0 atom stereocenters. The van der Waals surface area contributed by atoms with Crippen molar-refractivity contribution in [3.8, 4) is 0 Å². The maximum absolute atomic E-state index is 12.7. The number of thiocarbonyl (C=S) groups is 1. The molecular formula is C16H14N2OS2. The molecule has 1 aromatic carbocycles. The van der Waals surface area contributed by atoms with E-state index in [2.05, 4.69) is 0 Å². The van der Waals surface area contributed by atoms with Crippen LogP contribution in [0, 0.1) is 6.92 Å². The Labute approximate surface area is 133 Å². The second-order valence-corrected chi connectivity index (χ2v) is 6.48. The van der Waals surface area contributed by atoms with Crippen LogP contribution in [-0.4, -0.2) is 23.0 Å². The van der Waals surface area contributed by atoms with Crippen molar-refractivity contribution >= 4 is 46.3 Å². The summed E-state index contributed by atoms with van der Waals surface area (Å²) in [7, 11) is 1.83. The molecule has 2 aromatic rings. The summed E-state index contributed by atoms with van der Waals surface area (Å²) in [6, 6.07) is 13.5. The summed E-state index contributed by atoms with van der Waals surface area (Å²) in [5, 5.41) is 0.505. The molecule has 3 rings (SSSR count). The van der Waals surface area contributed by atoms with Crippen molar-refractivity contribution in [2.24, 2.45) is 0 Å². The van der Waals surface area contributed by atoms with Crippen LogP contribution in [0.25, 0.3) is 6.08 Å². The number of carbonyl (C=O) groups excluding carboxylic acids is 1. The van der Waals surface area contributed by atoms with Crippen LogP contribution in [0.3, 0.4) is 0 Å². The van der Waals surface area contributed by atoms with Gasteiger partial charge < -0.3 is 4.90 Å². The van der Waals surface area contributed by atoms with Crippen LogP contribution in [0.5, 0.6) is 0 Å². The lowest BCUT2D eigenvalue weighted by atomic mass is 10.3. The zero-order valence-corrected chi connectivity index (χ0v) is 13.4. The number of rotatable bonds is 2. The van der Waals surface area contributed by atoms with Crippen molar-refractivity contribution in [2.45, 2.75) is 6.92 Å². The molecular weight excluding hydrogens is 300 g/mol. The molecule has 0 saturated carbocycles. The summed E-state index contributed by atoms with van der Waals surface area (Å²) in [6.07, 6.45) is 1.90. The predicted octanol–water partition coefficient (Wildman–Crippen LogP) is 3.66. The van der Waals surface area contributed by atoms with Gasteiger partial charge in [-0.3, -0.25) is 9.69 Å². The monoisotopic (exact) mass is 314 g/mol. The van der Waals surface area contributed by atoms with E-state index in [0.717, 1.165) is 10.6 Å². The molecule has 0 bridgehead atoms. The molecule has 1 aromatic heterocycles. The molecule has 1 saturated heterocycles. The fourth-order valence-electron chi connectivity index (χ4n) is 2.23. The standard InChI is InChI=1S/C16H14N2OS2/c1-11-8-9-13(21-11)10-14-15(19)18(16(20)17(14)2)12-6-4-3-5-7-12/h3-10H,1-2H3. The summed E-state index contributed by atoms with van der Waals surface area (Å²) in [4.78, 5) is 18.3. The van der Waals surface area contributed by atoms with Gasteiger partial charge in [0.15, 0.2) is 5.11 Å². The zero-order chi connectivity index (χ0) is 15.0. The number of nitrogens with zero attached hydrogens (tertiary/aromatic N) is 2. The summed E-state index contributed by atoms with van der Waals surface area (Å²) in [6.45, 7) is 2.05. The largest absolute Gasteiger partial charge is 0.317 e. The van der Waals surface area contributed by atoms with Crippen LogP contribution in [0.1, 0.15) is 9.75 Å². The van der Waals surface area contributed by atoms with E-state index >= 15 is 0 Å². The van der Waals surface area contributed by atoms with Gasteiger partial charge in [0.1, 0.15) is 5.70 Å². The Morgan fingerprint density at radius 3 is 2.48 bits per heavy atom. The lowest BCUT2D eigenvalue weighted by Crippen LogP contribution is -2.30. The minimum atomic E-state index is -0.0836. The molecule has 0 unspecified atom stereocenters. The number of hydrogen-bond acceptors (Lipinski definition) is 3. The molecule has 5 heteroatoms. The van der Waals surface area contributed by atoms with Crippen molar-refractivity contribution in [3.05, 3.63) is 57.9 Å². The predicted molar refractivity (Wildman–Crippen MR) is 91.3 cm³/mol. The van der Waals surface area contributed by atoms with E-state index in [1.807, 2.05) is 62.5 Å². The van der Waals surface area contributed by atoms with Gasteiger partial charge in [-0.05, 0) is 49.5 Å². The SMILES string of the molecule is Cc1ccc(C=C2C(=O)N(c3ccccc3)C(=S)N2C)s1. The second-order valence-electron chi connectivity index (χ2n) is 4.80. The molecule has 0 aliphatic carbocycles. The average molecular weight is 314 g/mol. The van der Waals surface area contributed by atoms with Crippen LogP contribution in [0.15, 0.2) is 48.2 Å². The smallest absolute Gasteiger partial charge is 0.281 e. The van der Waals surface area contributed by atoms with Crippen molar-refractivity contribution in [2.75, 3.05) is 11.9 Å². The van der Waals surface area contributed by atoms with Gasteiger partial charge in [-0.1, -0.05) is 18.2 Å². The molecule has 21 heavy (non-hydrogen) atoms. The van der Waals surface area contributed by atoms with E-state index in [0.29, 0.717) is 10.8 Å². The molecule has 1 aliphatic rings. The molecule has 106 valence electrons. The zero-order valence-electron chi connectivity index (χ0n) is 11.7. The topological polar surface area (TPSA) is 23.6 Å². The number of thiophene rings is 1. The highest BCUT2D eigenvalue weighted by molar-refractivity contribution is 7.80. The quantitative estimate of drug-likeness (QED) is 0.624. The van der Waals surface area contributed by atoms with Crippen molar-refractivity contribution in [1.29, 1.82) is 0 Å². The Morgan fingerprint density at radius 2 is 1.86 bits per heavy atom. The summed E-state index contributed by atoms with van der Waals surface area (Å²) in [5.41, 5.74) is 1.40. The summed E-state index contributed by atoms with van der Waals surface area (Å²) >= 11 is 7.07. The Balaban J connectivity index is 2.00. The first kappa shape index (κ1) is 14.0. The van der Waals surface area contributed by atoms with Gasteiger partial charge in [-0.2, -0.15) is 0 Å². The molecule has 2 heterocycles. The van der Waals surface area contributed by atoms with Crippen molar-refractivity contribution < 1.29 is 4.79 Å². The number of anilines is 1. The van der Waals surface area contributed by atoms with Gasteiger partial charge in [0.25, 0.3) is 5.91 Å². The number of likely N-dealkylation sites (N-methyl/N-ethyl adjacent to an activating group) is 1. The normalized spacial score (nSPS) is 17.1. The van der Waals surface area contributed by atoms with Crippen molar-refractivity contribution in [1.82, 2.24) is 4.90 Å². The molecule has 0 radical (unpaired) electrons. The Morgan fingerprint density at radius 1 is 1.14 bits per heavy atom. The van der Waals surface area contributed by atoms with E-state index in [4.69, 9.17) is 12.2 Å². The number of benzene rings is 1. The molecule has 3 nitrogen and oxygen atoms in total. The average Bonchev–Trinajstić information content (AvgIpc) is 2.98. The number of para-hydroxylation sites is 1. The van der Waals surface area contributed by atoms with Crippen LogP contribution in [0.4, 0.5) is 5.69 Å². The highest BCUT2D eigenvalue weighted by atomic mass is 32.1. The number of hydrogen-bond donors (Lipinski definition) is 0. The van der Waals surface area contributed by atoms with E-state index in [9.17, 15) is 4.79 Å². The van der Waals surface area contributed by atoms with Gasteiger partial charge in [0.05, 0.1) is 5.69 Å². The number of aryl methyl sites for hydroxylation is 1. The lowest BCUT2D eigenvalue weighted by Gasteiger charge is -2.16. The summed E-state index contributed by atoms with van der Waals surface area (Å²) < 4.78 is 0. The first-order valence-electron chi connectivity index (χ1n) is 6.53. The highest BCUT2D eigenvalue weighted by Crippen LogP contribution is 2.28. The number of carbonyl (C=O) groups is 1. The van der Waals surface area contributed by atoms with E-state index < -0.39 is 0 Å². The van der Waals surface area contributed by atoms with Crippen LogP contribution >= 0.6 is 23.6 Å². The first-order chi connectivity index (χ1) is 10.1. The lowest BCUT2D eigenvalue weighted by molar-refractivity contribution is -0.114. The van der Waals surface area contributed by atoms with Crippen LogP contribution in [0.2, 0.25) is 0 Å². The van der Waals surface area contributed by atoms with Gasteiger partial charge in [-0.15, -0.1) is 11.3 Å². The maximum atomic E-state index is 12.7. The van der Waals surface area contributed by atoms with Gasteiger partial charge in [-0.25, -0.2) is 0 Å². The van der Waals surface area contributed by atoms with Crippen molar-refractivity contribution in [3.63, 3.8) is 0 Å². The van der Waals surface area contributed by atoms with E-state index in [-0.39, 0.29) is 5.91 Å². The third-order valence-corrected chi connectivity index (χ3v) is 4.72. The Hall–Kier alpha value is -1.98. The number of amides is 1. The minimum absolute atomic E-state index is 0.0836. The van der Waals surface area contributed by atoms with Crippen LogP contribution in [-0.2, 0) is 4.79 Å². The molecule has 1 aliphatic heterocycles. The second kappa shape index (κ2) is 5.42. The summed E-state index contributed by atoms with van der Waals surface area (Å²) in [5.74, 6) is -0.0836. The van der Waals surface area contributed by atoms with Gasteiger partial charge >= 0.3 is 0 Å². The Kier molecular flexibility index (Phi) is 3.61. The third-order valence-electron chi connectivity index (χ3n) is 3.32. The van der Waals surface area contributed by atoms with Gasteiger partial charge in [0, 0.05) is 16.8 Å². The molecule has 0 spiro atoms. The minimum Gasteiger partial charge on any atom is -0.317 e. The van der Waals surface area contributed by atoms with Crippen LogP contribution < -0.4 is 4.90 Å². The van der Waals surface area contributed by atoms with Gasteiger partial charge in [0.2, 0.25) is 0 Å². The molecule has 0 N–H and O–H groups in total.